The maximum Gasteiger partial charge on any atom is 0.343 e. The van der Waals surface area contributed by atoms with E-state index < -0.39 is 41.0 Å². The number of carbonyl (C=O) groups excluding carboxylic acids is 2. The first-order valence-electron chi connectivity index (χ1n) is 8.55. The topological polar surface area (TPSA) is 98.4 Å². The number of hydrogen-bond donors (Lipinski definition) is 0. The molecule has 0 spiro atoms. The van der Waals surface area contributed by atoms with Crippen LogP contribution < -0.4 is 5.43 Å². The molecule has 1 heterocycles. The van der Waals surface area contributed by atoms with Crippen LogP contribution in [0.3, 0.4) is 0 Å². The molecule has 146 valence electrons. The van der Waals surface area contributed by atoms with Crippen molar-refractivity contribution in [1.29, 1.82) is 5.26 Å². The van der Waals surface area contributed by atoms with Crippen LogP contribution in [-0.2, 0) is 20.7 Å². The Bertz CT molecular complexity index is 1070. The third kappa shape index (κ3) is 3.58. The fraction of sp³-hybridized carbons (Fsp3) is 0.368. The third-order valence-corrected chi connectivity index (χ3v) is 4.45. The van der Waals surface area contributed by atoms with Crippen molar-refractivity contribution < 1.29 is 27.8 Å². The highest BCUT2D eigenvalue weighted by Crippen LogP contribution is 2.38. The molecular formula is C19H16F2N2O5. The molecule has 2 aromatic rings. The van der Waals surface area contributed by atoms with Crippen LogP contribution in [0, 0.1) is 23.0 Å². The second-order valence-corrected chi connectivity index (χ2v) is 6.35. The molecular weight excluding hydrogens is 374 g/mol. The summed E-state index contributed by atoms with van der Waals surface area (Å²) >= 11 is 0. The summed E-state index contributed by atoms with van der Waals surface area (Å²) in [4.78, 5) is 36.3. The molecule has 0 amide bonds. The van der Waals surface area contributed by atoms with E-state index in [1.807, 2.05) is 0 Å². The number of carbonyl (C=O) groups is 2. The number of esters is 2. The van der Waals surface area contributed by atoms with Gasteiger partial charge in [-0.1, -0.05) is 0 Å². The molecule has 0 atom stereocenters. The van der Waals surface area contributed by atoms with E-state index >= 15 is 4.39 Å². The first-order chi connectivity index (χ1) is 13.4. The van der Waals surface area contributed by atoms with Gasteiger partial charge in [0.05, 0.1) is 36.9 Å². The van der Waals surface area contributed by atoms with Crippen molar-refractivity contribution in [3.05, 3.63) is 45.2 Å². The van der Waals surface area contributed by atoms with Crippen molar-refractivity contribution in [2.75, 3.05) is 13.7 Å². The summed E-state index contributed by atoms with van der Waals surface area (Å²) in [5.74, 6) is -3.93. The van der Waals surface area contributed by atoms with Crippen LogP contribution in [0.25, 0.3) is 10.9 Å². The Morgan fingerprint density at radius 2 is 2.07 bits per heavy atom. The molecule has 1 aromatic carbocycles. The van der Waals surface area contributed by atoms with Gasteiger partial charge in [-0.05, 0) is 18.9 Å². The zero-order valence-corrected chi connectivity index (χ0v) is 15.0. The van der Waals surface area contributed by atoms with E-state index in [1.54, 1.807) is 6.07 Å². The molecule has 0 N–H and O–H groups in total. The quantitative estimate of drug-likeness (QED) is 0.555. The molecule has 0 bridgehead atoms. The van der Waals surface area contributed by atoms with Crippen molar-refractivity contribution in [1.82, 2.24) is 4.57 Å². The average Bonchev–Trinajstić information content (AvgIpc) is 3.50. The first kappa shape index (κ1) is 19.5. The number of aromatic nitrogens is 1. The summed E-state index contributed by atoms with van der Waals surface area (Å²) in [6.07, 6.45) is 1.91. The lowest BCUT2D eigenvalue weighted by atomic mass is 10.0. The van der Waals surface area contributed by atoms with E-state index in [9.17, 15) is 18.8 Å². The summed E-state index contributed by atoms with van der Waals surface area (Å²) in [5.41, 5.74) is -1.86. The van der Waals surface area contributed by atoms with E-state index in [0.29, 0.717) is 12.8 Å². The van der Waals surface area contributed by atoms with Crippen LogP contribution in [0.5, 0.6) is 0 Å². The lowest BCUT2D eigenvalue weighted by Crippen LogP contribution is -2.22. The summed E-state index contributed by atoms with van der Waals surface area (Å²) in [6.45, 7) is -0.179. The van der Waals surface area contributed by atoms with Gasteiger partial charge in [0, 0.05) is 17.8 Å². The van der Waals surface area contributed by atoms with E-state index in [4.69, 9.17) is 10.00 Å². The van der Waals surface area contributed by atoms with Crippen LogP contribution in [0.15, 0.2) is 17.1 Å². The molecule has 0 unspecified atom stereocenters. The molecule has 1 saturated carbocycles. The molecule has 28 heavy (non-hydrogen) atoms. The third-order valence-electron chi connectivity index (χ3n) is 4.45. The summed E-state index contributed by atoms with van der Waals surface area (Å²) in [7, 11) is 1.11. The van der Waals surface area contributed by atoms with Crippen LogP contribution in [0.4, 0.5) is 8.78 Å². The second-order valence-electron chi connectivity index (χ2n) is 6.35. The maximum atomic E-state index is 15.1. The Hall–Kier alpha value is -3.28. The Morgan fingerprint density at radius 1 is 1.36 bits per heavy atom. The number of nitriles is 1. The van der Waals surface area contributed by atoms with Crippen molar-refractivity contribution in [3.63, 3.8) is 0 Å². The lowest BCUT2D eigenvalue weighted by molar-refractivity contribution is -0.142. The Balaban J connectivity index is 2.13. The van der Waals surface area contributed by atoms with Gasteiger partial charge in [0.2, 0.25) is 5.43 Å². The smallest absolute Gasteiger partial charge is 0.343 e. The summed E-state index contributed by atoms with van der Waals surface area (Å²) in [6, 6.07) is 2.47. The highest BCUT2D eigenvalue weighted by Gasteiger charge is 2.30. The molecule has 1 aliphatic carbocycles. The van der Waals surface area contributed by atoms with Gasteiger partial charge >= 0.3 is 11.9 Å². The number of fused-ring (bicyclic) bond motifs is 1. The zero-order chi connectivity index (χ0) is 20.4. The number of ether oxygens (including phenoxy) is 2. The number of methoxy groups -OCH3 is 1. The van der Waals surface area contributed by atoms with Crippen LogP contribution in [0.2, 0.25) is 0 Å². The van der Waals surface area contributed by atoms with Crippen molar-refractivity contribution in [2.45, 2.75) is 31.7 Å². The number of nitrogens with zero attached hydrogens (tertiary/aromatic N) is 2. The molecule has 0 saturated heterocycles. The maximum absolute atomic E-state index is 15.1. The summed E-state index contributed by atoms with van der Waals surface area (Å²) in [5, 5.41) is 8.14. The molecule has 9 heteroatoms. The fourth-order valence-electron chi connectivity index (χ4n) is 2.95. The Kier molecular flexibility index (Phi) is 5.40. The first-order valence-corrected chi connectivity index (χ1v) is 8.55. The minimum Gasteiger partial charge on any atom is -0.465 e. The van der Waals surface area contributed by atoms with E-state index in [2.05, 4.69) is 4.74 Å². The minimum absolute atomic E-state index is 0.0358. The largest absolute Gasteiger partial charge is 0.465 e. The highest BCUT2D eigenvalue weighted by atomic mass is 19.1. The molecule has 1 aliphatic rings. The Morgan fingerprint density at radius 3 is 2.68 bits per heavy atom. The van der Waals surface area contributed by atoms with Crippen LogP contribution in [-0.4, -0.2) is 30.2 Å². The predicted molar refractivity (Wildman–Crippen MR) is 92.6 cm³/mol. The standard InChI is InChI=1S/C19H16F2N2O5/c1-27-19(26)13-9-23(10-3-4-10)17-12(18(13)25)7-14(20)11(16(17)21)8-15(24)28-6-2-5-22/h7,9-10H,2-4,6,8H2,1H3. The number of rotatable bonds is 6. The average molecular weight is 390 g/mol. The van der Waals surface area contributed by atoms with Crippen LogP contribution >= 0.6 is 0 Å². The van der Waals surface area contributed by atoms with Crippen molar-refractivity contribution >= 4 is 22.8 Å². The van der Waals surface area contributed by atoms with Gasteiger partial charge in [0.25, 0.3) is 0 Å². The number of hydrogen-bond acceptors (Lipinski definition) is 6. The Labute approximate surface area is 158 Å². The highest BCUT2D eigenvalue weighted by molar-refractivity contribution is 5.94. The van der Waals surface area contributed by atoms with Gasteiger partial charge in [0.1, 0.15) is 18.0 Å². The zero-order valence-electron chi connectivity index (χ0n) is 15.0. The van der Waals surface area contributed by atoms with Crippen molar-refractivity contribution in [3.8, 4) is 6.07 Å². The lowest BCUT2D eigenvalue weighted by Gasteiger charge is -2.15. The van der Waals surface area contributed by atoms with E-state index in [-0.39, 0.29) is 35.5 Å². The number of halogens is 2. The van der Waals surface area contributed by atoms with Crippen molar-refractivity contribution in [2.24, 2.45) is 0 Å². The number of pyridine rings is 1. The van der Waals surface area contributed by atoms with Gasteiger partial charge in [-0.25, -0.2) is 13.6 Å². The van der Waals surface area contributed by atoms with Gasteiger partial charge in [-0.2, -0.15) is 5.26 Å². The molecule has 3 rings (SSSR count). The van der Waals surface area contributed by atoms with E-state index in [1.165, 1.54) is 10.8 Å². The van der Waals surface area contributed by atoms with E-state index in [0.717, 1.165) is 13.2 Å². The minimum atomic E-state index is -1.09. The van der Waals surface area contributed by atoms with Gasteiger partial charge in [-0.15, -0.1) is 0 Å². The monoisotopic (exact) mass is 390 g/mol. The summed E-state index contributed by atoms with van der Waals surface area (Å²) < 4.78 is 40.4. The predicted octanol–water partition coefficient (Wildman–Crippen LogP) is 2.40. The molecule has 0 radical (unpaired) electrons. The molecule has 7 nitrogen and oxygen atoms in total. The molecule has 0 aliphatic heterocycles. The second kappa shape index (κ2) is 7.76. The normalized spacial score (nSPS) is 13.2. The van der Waals surface area contributed by atoms with Crippen LogP contribution in [0.1, 0.15) is 41.2 Å². The van der Waals surface area contributed by atoms with Gasteiger partial charge in [0.15, 0.2) is 5.82 Å². The molecule has 1 aromatic heterocycles. The molecule has 1 fully saturated rings. The van der Waals surface area contributed by atoms with Gasteiger partial charge in [-0.3, -0.25) is 9.59 Å². The van der Waals surface area contributed by atoms with Gasteiger partial charge < -0.3 is 14.0 Å². The number of benzene rings is 1. The SMILES string of the molecule is COC(=O)c1cn(C2CC2)c2c(F)c(CC(=O)OCCC#N)c(F)cc2c1=O. The fourth-order valence-corrected chi connectivity index (χ4v) is 2.95.